The van der Waals surface area contributed by atoms with Crippen molar-refractivity contribution in [3.63, 3.8) is 0 Å². The van der Waals surface area contributed by atoms with Gasteiger partial charge in [-0.1, -0.05) is 167 Å². The van der Waals surface area contributed by atoms with Crippen molar-refractivity contribution in [2.45, 2.75) is 218 Å². The minimum atomic E-state index is -0.281. The highest BCUT2D eigenvalue weighted by Crippen LogP contribution is 2.24. The average molecular weight is 590 g/mol. The van der Waals surface area contributed by atoms with E-state index in [1.165, 1.54) is 180 Å². The molecule has 3 nitrogen and oxygen atoms in total. The molecule has 0 saturated heterocycles. The van der Waals surface area contributed by atoms with Crippen LogP contribution in [-0.2, 0) is 0 Å². The Hall–Kier alpha value is -0.640. The summed E-state index contributed by atoms with van der Waals surface area (Å²) in [5.41, 5.74) is 19.0. The third-order valence-electron chi connectivity index (χ3n) is 9.30. The van der Waals surface area contributed by atoms with E-state index < -0.39 is 0 Å². The van der Waals surface area contributed by atoms with Crippen molar-refractivity contribution in [2.75, 3.05) is 6.54 Å². The van der Waals surface area contributed by atoms with Gasteiger partial charge in [-0.3, -0.25) is 0 Å². The minimum Gasteiger partial charge on any atom is -0.329 e. The molecular weight excluding hydrogens is 510 g/mol. The van der Waals surface area contributed by atoms with Gasteiger partial charge in [-0.25, -0.2) is 0 Å². The molecule has 0 aliphatic carbocycles. The van der Waals surface area contributed by atoms with Crippen LogP contribution >= 0.6 is 0 Å². The second-order valence-electron chi connectivity index (χ2n) is 13.5. The molecule has 0 aromatic heterocycles. The Bertz CT molecular complexity index is 528. The van der Waals surface area contributed by atoms with Crippen molar-refractivity contribution in [1.82, 2.24) is 0 Å². The zero-order valence-electron chi connectivity index (χ0n) is 29.0. The topological polar surface area (TPSA) is 78.1 Å². The lowest BCUT2D eigenvalue weighted by molar-refractivity contribution is 0.281. The predicted molar refractivity (Wildman–Crippen MR) is 192 cm³/mol. The first-order valence-corrected chi connectivity index (χ1v) is 19.1. The number of nitrogens with two attached hydrogens (primary N) is 3. The lowest BCUT2D eigenvalue weighted by Crippen LogP contribution is -2.58. The molecule has 3 heteroatoms. The highest BCUT2D eigenvalue weighted by Gasteiger charge is 2.30. The van der Waals surface area contributed by atoms with Crippen molar-refractivity contribution < 1.29 is 0 Å². The van der Waals surface area contributed by atoms with E-state index in [0.29, 0.717) is 6.54 Å². The fourth-order valence-corrected chi connectivity index (χ4v) is 6.13. The van der Waals surface area contributed by atoms with Crippen molar-refractivity contribution in [3.8, 4) is 0 Å². The molecule has 1 unspecified atom stereocenters. The first-order valence-electron chi connectivity index (χ1n) is 19.1. The molecule has 0 aromatic carbocycles. The van der Waals surface area contributed by atoms with E-state index in [4.69, 9.17) is 17.2 Å². The van der Waals surface area contributed by atoms with Gasteiger partial charge >= 0.3 is 0 Å². The van der Waals surface area contributed by atoms with Crippen LogP contribution in [0.5, 0.6) is 0 Å². The molecular formula is C39H79N3. The van der Waals surface area contributed by atoms with Crippen LogP contribution < -0.4 is 17.2 Å². The molecule has 0 saturated carbocycles. The molecule has 0 rings (SSSR count). The fraction of sp³-hybridized carbons (Fsp3) is 0.897. The van der Waals surface area contributed by atoms with Gasteiger partial charge in [0, 0.05) is 18.1 Å². The van der Waals surface area contributed by atoms with Crippen LogP contribution in [0.3, 0.4) is 0 Å². The van der Waals surface area contributed by atoms with Crippen LogP contribution in [-0.4, -0.2) is 18.1 Å². The van der Waals surface area contributed by atoms with Crippen LogP contribution in [0.2, 0.25) is 0 Å². The number of allylic oxidation sites excluding steroid dienone is 4. The normalized spacial score (nSPS) is 14.3. The van der Waals surface area contributed by atoms with E-state index in [1.54, 1.807) is 0 Å². The molecule has 6 N–H and O–H groups in total. The molecule has 1 atom stereocenters. The summed E-state index contributed by atoms with van der Waals surface area (Å²) in [6, 6.07) is -0.0799. The standard InChI is InChI=1S/C39H79N3/c1-3-5-7-9-11-13-15-17-19-21-23-25-27-29-31-33-35-39(42,38(41)37-40)36-34-32-30-28-26-24-22-20-18-16-14-12-10-8-6-4-2/h17-20,38H,3-16,21-37,40-42H2,1-2H3. The Morgan fingerprint density at radius 3 is 0.976 bits per heavy atom. The molecule has 250 valence electrons. The van der Waals surface area contributed by atoms with E-state index in [0.717, 1.165) is 12.8 Å². The van der Waals surface area contributed by atoms with Gasteiger partial charge in [0.2, 0.25) is 0 Å². The molecule has 0 aliphatic heterocycles. The predicted octanol–water partition coefficient (Wildman–Crippen LogP) is 11.8. The van der Waals surface area contributed by atoms with Gasteiger partial charge in [0.05, 0.1) is 0 Å². The Labute approximate surface area is 265 Å². The second-order valence-corrected chi connectivity index (χ2v) is 13.5. The summed E-state index contributed by atoms with van der Waals surface area (Å²) in [6.45, 7) is 5.07. The van der Waals surface area contributed by atoms with Crippen LogP contribution in [0.15, 0.2) is 24.3 Å². The van der Waals surface area contributed by atoms with Gasteiger partial charge in [0.15, 0.2) is 0 Å². The third kappa shape index (κ3) is 28.1. The molecule has 42 heavy (non-hydrogen) atoms. The maximum atomic E-state index is 6.85. The summed E-state index contributed by atoms with van der Waals surface area (Å²) in [5, 5.41) is 0. The highest BCUT2D eigenvalue weighted by molar-refractivity contribution is 4.94. The fourth-order valence-electron chi connectivity index (χ4n) is 6.13. The Morgan fingerprint density at radius 1 is 0.429 bits per heavy atom. The van der Waals surface area contributed by atoms with Crippen LogP contribution in [0.1, 0.15) is 206 Å². The molecule has 0 fully saturated rings. The third-order valence-corrected chi connectivity index (χ3v) is 9.30. The largest absolute Gasteiger partial charge is 0.329 e. The van der Waals surface area contributed by atoms with Crippen LogP contribution in [0.25, 0.3) is 0 Å². The molecule has 0 aromatic rings. The van der Waals surface area contributed by atoms with Crippen molar-refractivity contribution in [3.05, 3.63) is 24.3 Å². The van der Waals surface area contributed by atoms with Gasteiger partial charge < -0.3 is 17.2 Å². The number of rotatable bonds is 34. The van der Waals surface area contributed by atoms with E-state index in [9.17, 15) is 0 Å². The molecule has 0 amide bonds. The summed E-state index contributed by atoms with van der Waals surface area (Å²) < 4.78 is 0. The van der Waals surface area contributed by atoms with Crippen molar-refractivity contribution in [1.29, 1.82) is 0 Å². The second kappa shape index (κ2) is 33.3. The maximum absolute atomic E-state index is 6.85. The zero-order valence-corrected chi connectivity index (χ0v) is 29.0. The molecule has 0 spiro atoms. The Kier molecular flexibility index (Phi) is 32.8. The lowest BCUT2D eigenvalue weighted by atomic mass is 9.81. The summed E-state index contributed by atoms with van der Waals surface area (Å²) in [6.07, 6.45) is 49.1. The monoisotopic (exact) mass is 590 g/mol. The van der Waals surface area contributed by atoms with Gasteiger partial charge in [-0.2, -0.15) is 0 Å². The quantitative estimate of drug-likeness (QED) is 0.0516. The smallest absolute Gasteiger partial charge is 0.0346 e. The maximum Gasteiger partial charge on any atom is 0.0346 e. The first-order chi connectivity index (χ1) is 20.6. The Morgan fingerprint density at radius 2 is 0.690 bits per heavy atom. The van der Waals surface area contributed by atoms with Crippen LogP contribution in [0.4, 0.5) is 0 Å². The number of hydrogen-bond donors (Lipinski definition) is 3. The van der Waals surface area contributed by atoms with E-state index in [-0.39, 0.29) is 11.6 Å². The molecule has 0 bridgehead atoms. The van der Waals surface area contributed by atoms with Gasteiger partial charge in [-0.15, -0.1) is 0 Å². The van der Waals surface area contributed by atoms with Crippen LogP contribution in [0, 0.1) is 0 Å². The van der Waals surface area contributed by atoms with Gasteiger partial charge in [0.1, 0.15) is 0 Å². The van der Waals surface area contributed by atoms with Gasteiger partial charge in [0.25, 0.3) is 0 Å². The molecule has 0 aliphatic rings. The summed E-state index contributed by atoms with van der Waals surface area (Å²) in [7, 11) is 0. The Balaban J connectivity index is 3.71. The number of hydrogen-bond acceptors (Lipinski definition) is 3. The number of unbranched alkanes of at least 4 members (excludes halogenated alkanes) is 24. The highest BCUT2D eigenvalue weighted by atomic mass is 14.9. The molecule has 0 heterocycles. The summed E-state index contributed by atoms with van der Waals surface area (Å²) in [4.78, 5) is 0. The van der Waals surface area contributed by atoms with E-state index in [2.05, 4.69) is 38.2 Å². The van der Waals surface area contributed by atoms with Gasteiger partial charge in [-0.05, 0) is 64.2 Å². The van der Waals surface area contributed by atoms with Crippen molar-refractivity contribution >= 4 is 0 Å². The zero-order chi connectivity index (χ0) is 30.8. The lowest BCUT2D eigenvalue weighted by Gasteiger charge is -2.35. The SMILES string of the molecule is CCCCCCCCC=CCCCCCCCCC(N)(CCCCCCCCC=CCCCCCCCC)C(N)CN. The van der Waals surface area contributed by atoms with E-state index >= 15 is 0 Å². The van der Waals surface area contributed by atoms with E-state index in [1.807, 2.05) is 0 Å². The average Bonchev–Trinajstić information content (AvgIpc) is 3.00. The van der Waals surface area contributed by atoms with Crippen molar-refractivity contribution in [2.24, 2.45) is 17.2 Å². The summed E-state index contributed by atoms with van der Waals surface area (Å²) in [5.74, 6) is 0. The first kappa shape index (κ1) is 41.4. The molecule has 0 radical (unpaired) electrons. The minimum absolute atomic E-state index is 0.0799. The summed E-state index contributed by atoms with van der Waals surface area (Å²) >= 11 is 0.